The van der Waals surface area contributed by atoms with Gasteiger partial charge in [0.1, 0.15) is 5.75 Å². The van der Waals surface area contributed by atoms with Crippen LogP contribution in [0.2, 0.25) is 5.02 Å². The van der Waals surface area contributed by atoms with Crippen LogP contribution in [0, 0.1) is 17.0 Å². The van der Waals surface area contributed by atoms with Crippen molar-refractivity contribution in [3.8, 4) is 11.4 Å². The lowest BCUT2D eigenvalue weighted by atomic mass is 10.2. The molecule has 2 aromatic carbocycles. The molecule has 0 aliphatic rings. The molecule has 0 atom stereocenters. The summed E-state index contributed by atoms with van der Waals surface area (Å²) in [5, 5.41) is 22.1. The Morgan fingerprint density at radius 2 is 1.93 bits per heavy atom. The molecule has 0 aliphatic carbocycles. The third-order valence-corrected chi connectivity index (χ3v) is 4.05. The van der Waals surface area contributed by atoms with Gasteiger partial charge in [0.2, 0.25) is 0 Å². The van der Waals surface area contributed by atoms with Crippen molar-refractivity contribution in [2.45, 2.75) is 6.92 Å². The molecular weight excluding hydrogens is 374 g/mol. The molecule has 0 saturated heterocycles. The van der Waals surface area contributed by atoms with Crippen molar-refractivity contribution in [1.29, 1.82) is 0 Å². The van der Waals surface area contributed by atoms with E-state index in [0.717, 1.165) is 6.07 Å². The molecule has 0 aliphatic heterocycles. The molecular formula is C17H14ClN5O4. The van der Waals surface area contributed by atoms with Crippen molar-refractivity contribution in [3.05, 3.63) is 73.6 Å². The summed E-state index contributed by atoms with van der Waals surface area (Å²) in [6.07, 6.45) is 0. The molecule has 0 fully saturated rings. The van der Waals surface area contributed by atoms with Crippen LogP contribution in [0.15, 0.2) is 57.5 Å². The van der Waals surface area contributed by atoms with Crippen LogP contribution in [0.25, 0.3) is 5.69 Å². The highest BCUT2D eigenvalue weighted by atomic mass is 35.5. The molecule has 0 spiro atoms. The summed E-state index contributed by atoms with van der Waals surface area (Å²) in [5.74, 6) is 0.145. The van der Waals surface area contributed by atoms with Gasteiger partial charge in [-0.05, 0) is 25.1 Å². The van der Waals surface area contributed by atoms with Crippen molar-refractivity contribution in [2.75, 3.05) is 7.11 Å². The molecule has 1 aromatic heterocycles. The van der Waals surface area contributed by atoms with Gasteiger partial charge in [0.25, 0.3) is 5.56 Å². The van der Waals surface area contributed by atoms with E-state index < -0.39 is 10.5 Å². The smallest absolute Gasteiger partial charge is 0.300 e. The van der Waals surface area contributed by atoms with Crippen molar-refractivity contribution in [1.82, 2.24) is 9.78 Å². The van der Waals surface area contributed by atoms with Crippen molar-refractivity contribution >= 4 is 28.7 Å². The highest BCUT2D eigenvalue weighted by Crippen LogP contribution is 2.38. The predicted octanol–water partition coefficient (Wildman–Crippen LogP) is 4.46. The summed E-state index contributed by atoms with van der Waals surface area (Å²) in [5.41, 5.74) is 0.291. The lowest BCUT2D eigenvalue weighted by Gasteiger charge is -2.03. The fourth-order valence-electron chi connectivity index (χ4n) is 2.43. The van der Waals surface area contributed by atoms with Gasteiger partial charge in [0.05, 0.1) is 34.5 Å². The van der Waals surface area contributed by atoms with Crippen LogP contribution >= 0.6 is 11.6 Å². The molecule has 0 radical (unpaired) electrons. The number of para-hydroxylation sites is 1. The number of H-pyrrole nitrogens is 1. The van der Waals surface area contributed by atoms with Crippen LogP contribution in [-0.2, 0) is 0 Å². The van der Waals surface area contributed by atoms with E-state index in [1.165, 1.54) is 17.9 Å². The number of methoxy groups -OCH3 is 1. The predicted molar refractivity (Wildman–Crippen MR) is 100.0 cm³/mol. The van der Waals surface area contributed by atoms with E-state index in [0.29, 0.717) is 11.4 Å². The number of rotatable bonds is 5. The molecule has 27 heavy (non-hydrogen) atoms. The number of halogens is 1. The summed E-state index contributed by atoms with van der Waals surface area (Å²) in [4.78, 5) is 23.2. The number of nitro benzene ring substituents is 1. The second-order valence-electron chi connectivity index (χ2n) is 5.49. The number of benzene rings is 2. The summed E-state index contributed by atoms with van der Waals surface area (Å²) in [6, 6.07) is 11.3. The molecule has 1 heterocycles. The number of aryl methyl sites for hydroxylation is 1. The summed E-state index contributed by atoms with van der Waals surface area (Å²) < 4.78 is 6.30. The van der Waals surface area contributed by atoms with Gasteiger partial charge in [0, 0.05) is 0 Å². The van der Waals surface area contributed by atoms with Crippen molar-refractivity contribution < 1.29 is 9.66 Å². The Balaban J connectivity index is 2.05. The number of nitro groups is 1. The first kappa shape index (κ1) is 18.3. The largest absolute Gasteiger partial charge is 0.495 e. The lowest BCUT2D eigenvalue weighted by molar-refractivity contribution is -0.384. The Kier molecular flexibility index (Phi) is 5.04. The average molecular weight is 388 g/mol. The van der Waals surface area contributed by atoms with E-state index in [2.05, 4.69) is 15.3 Å². The molecule has 10 heteroatoms. The minimum atomic E-state index is -0.626. The quantitative estimate of drug-likeness (QED) is 0.395. The lowest BCUT2D eigenvalue weighted by Crippen LogP contribution is -2.13. The monoisotopic (exact) mass is 387 g/mol. The SMILES string of the molecule is COc1cc([N+](=O)[O-])c(N=Nc2c(C)[nH]n(-c3ccccc3)c2=O)cc1Cl. The standard InChI is InChI=1S/C17H14ClN5O4/c1-10-16(17(24)22(21-10)11-6-4-3-5-7-11)20-19-13-8-12(18)15(27-2)9-14(13)23(25)26/h3-9,21H,1-2H3. The first-order valence-corrected chi connectivity index (χ1v) is 8.11. The maximum Gasteiger partial charge on any atom is 0.300 e. The van der Waals surface area contributed by atoms with Gasteiger partial charge >= 0.3 is 5.69 Å². The Labute approximate surface area is 158 Å². The van der Waals surface area contributed by atoms with Crippen LogP contribution < -0.4 is 10.3 Å². The first-order chi connectivity index (χ1) is 12.9. The van der Waals surface area contributed by atoms with Crippen LogP contribution in [-0.4, -0.2) is 21.8 Å². The van der Waals surface area contributed by atoms with E-state index in [-0.39, 0.29) is 27.8 Å². The first-order valence-electron chi connectivity index (χ1n) is 7.73. The maximum atomic E-state index is 12.6. The second kappa shape index (κ2) is 7.42. The third-order valence-electron chi connectivity index (χ3n) is 3.76. The van der Waals surface area contributed by atoms with Crippen LogP contribution in [0.3, 0.4) is 0 Å². The number of ether oxygens (including phenoxy) is 1. The van der Waals surface area contributed by atoms with Gasteiger partial charge in [-0.2, -0.15) is 0 Å². The Bertz CT molecular complexity index is 1090. The Morgan fingerprint density at radius 1 is 1.22 bits per heavy atom. The van der Waals surface area contributed by atoms with Crippen LogP contribution in [0.1, 0.15) is 5.69 Å². The van der Waals surface area contributed by atoms with Gasteiger partial charge in [-0.25, -0.2) is 4.68 Å². The third kappa shape index (κ3) is 3.58. The highest BCUT2D eigenvalue weighted by Gasteiger charge is 2.19. The zero-order valence-corrected chi connectivity index (χ0v) is 15.1. The minimum absolute atomic E-state index is 0.0418. The number of azo groups is 1. The van der Waals surface area contributed by atoms with Crippen molar-refractivity contribution in [2.24, 2.45) is 10.2 Å². The minimum Gasteiger partial charge on any atom is -0.495 e. The van der Waals surface area contributed by atoms with Crippen LogP contribution in [0.5, 0.6) is 5.75 Å². The second-order valence-corrected chi connectivity index (χ2v) is 5.90. The number of aromatic nitrogens is 2. The number of hydrogen-bond acceptors (Lipinski definition) is 6. The Hall–Kier alpha value is -3.46. The zero-order valence-electron chi connectivity index (χ0n) is 14.3. The van der Waals surface area contributed by atoms with E-state index in [9.17, 15) is 14.9 Å². The molecule has 1 N–H and O–H groups in total. The molecule has 9 nitrogen and oxygen atoms in total. The fourth-order valence-corrected chi connectivity index (χ4v) is 2.67. The number of nitrogens with zero attached hydrogens (tertiary/aromatic N) is 4. The number of hydrogen-bond donors (Lipinski definition) is 1. The molecule has 3 aromatic rings. The summed E-state index contributed by atoms with van der Waals surface area (Å²) in [7, 11) is 1.35. The highest BCUT2D eigenvalue weighted by molar-refractivity contribution is 6.32. The zero-order chi connectivity index (χ0) is 19.6. The molecule has 138 valence electrons. The normalized spacial score (nSPS) is 11.1. The van der Waals surface area contributed by atoms with Crippen molar-refractivity contribution in [3.63, 3.8) is 0 Å². The summed E-state index contributed by atoms with van der Waals surface area (Å²) in [6.45, 7) is 1.66. The maximum absolute atomic E-state index is 12.6. The van der Waals surface area contributed by atoms with Gasteiger partial charge in [-0.15, -0.1) is 10.2 Å². The van der Waals surface area contributed by atoms with Gasteiger partial charge in [0.15, 0.2) is 11.4 Å². The average Bonchev–Trinajstić information content (AvgIpc) is 2.94. The molecule has 0 saturated carbocycles. The van der Waals surface area contributed by atoms with Gasteiger partial charge in [-0.3, -0.25) is 20.0 Å². The topological polar surface area (TPSA) is 115 Å². The van der Waals surface area contributed by atoms with Gasteiger partial charge < -0.3 is 4.74 Å². The number of nitrogens with one attached hydrogen (secondary N) is 1. The molecule has 3 rings (SSSR count). The van der Waals surface area contributed by atoms with E-state index in [1.54, 1.807) is 31.2 Å². The van der Waals surface area contributed by atoms with Crippen LogP contribution in [0.4, 0.5) is 17.1 Å². The van der Waals surface area contributed by atoms with E-state index in [1.807, 2.05) is 6.07 Å². The molecule has 0 amide bonds. The number of aromatic amines is 1. The van der Waals surface area contributed by atoms with E-state index >= 15 is 0 Å². The fraction of sp³-hybridized carbons (Fsp3) is 0.118. The molecule has 0 bridgehead atoms. The Morgan fingerprint density at radius 3 is 2.56 bits per heavy atom. The van der Waals surface area contributed by atoms with E-state index in [4.69, 9.17) is 16.3 Å². The van der Waals surface area contributed by atoms with Gasteiger partial charge in [-0.1, -0.05) is 29.8 Å². The molecule has 0 unspecified atom stereocenters. The summed E-state index contributed by atoms with van der Waals surface area (Å²) >= 11 is 6.01.